The van der Waals surface area contributed by atoms with Gasteiger partial charge in [-0.15, -0.1) is 0 Å². The molecule has 8 heteroatoms. The largest absolute Gasteiger partial charge is 0.381 e. The predicted molar refractivity (Wildman–Crippen MR) is 141 cm³/mol. The highest BCUT2D eigenvalue weighted by atomic mass is 32.2. The van der Waals surface area contributed by atoms with Crippen LogP contribution in [-0.2, 0) is 16.6 Å². The summed E-state index contributed by atoms with van der Waals surface area (Å²) in [5, 5.41) is 11.9. The molecule has 0 saturated carbocycles. The number of benzene rings is 3. The fourth-order valence-corrected chi connectivity index (χ4v) is 5.76. The van der Waals surface area contributed by atoms with Crippen molar-refractivity contribution in [1.29, 1.82) is 0 Å². The Morgan fingerprint density at radius 1 is 1.06 bits per heavy atom. The predicted octanol–water partition coefficient (Wildman–Crippen LogP) is 5.06. The normalized spacial score (nSPS) is 16.9. The Bertz CT molecular complexity index is 1430. The number of nitrogens with one attached hydrogen (secondary N) is 3. The third-order valence-electron chi connectivity index (χ3n) is 6.60. The lowest BCUT2D eigenvalue weighted by atomic mass is 10.0. The van der Waals surface area contributed by atoms with Crippen molar-refractivity contribution >= 4 is 32.3 Å². The van der Waals surface area contributed by atoms with E-state index in [1.807, 2.05) is 44.3 Å². The molecule has 0 radical (unpaired) electrons. The second-order valence-electron chi connectivity index (χ2n) is 9.46. The van der Waals surface area contributed by atoms with E-state index >= 15 is 0 Å². The number of sulfonamides is 1. The SMILES string of the molecule is Cc1ccc(S(=O)(=O)Nc2cc(CN3CCC[C@H](Nc4ccc5[nH]ncc5c4)C3)ccc2C)cc1. The van der Waals surface area contributed by atoms with E-state index < -0.39 is 10.0 Å². The highest BCUT2D eigenvalue weighted by molar-refractivity contribution is 7.92. The molecule has 5 rings (SSSR count). The smallest absolute Gasteiger partial charge is 0.261 e. The molecule has 3 N–H and O–H groups in total. The van der Waals surface area contributed by atoms with E-state index in [2.05, 4.69) is 49.4 Å². The van der Waals surface area contributed by atoms with Crippen LogP contribution in [0.15, 0.2) is 71.8 Å². The van der Waals surface area contributed by atoms with Crippen LogP contribution in [0.25, 0.3) is 10.9 Å². The average Bonchev–Trinajstić information content (AvgIpc) is 3.30. The zero-order chi connectivity index (χ0) is 24.4. The van der Waals surface area contributed by atoms with Gasteiger partial charge in [0.25, 0.3) is 10.0 Å². The Hall–Kier alpha value is -3.36. The number of nitrogens with zero attached hydrogens (tertiary/aromatic N) is 2. The van der Waals surface area contributed by atoms with E-state index in [4.69, 9.17) is 0 Å². The summed E-state index contributed by atoms with van der Waals surface area (Å²) in [6, 6.07) is 19.6. The minimum absolute atomic E-state index is 0.270. The maximum Gasteiger partial charge on any atom is 0.261 e. The van der Waals surface area contributed by atoms with Crippen molar-refractivity contribution in [3.63, 3.8) is 0 Å². The zero-order valence-corrected chi connectivity index (χ0v) is 20.9. The van der Waals surface area contributed by atoms with Gasteiger partial charge in [0.15, 0.2) is 0 Å². The number of aryl methyl sites for hydroxylation is 2. The summed E-state index contributed by atoms with van der Waals surface area (Å²) < 4.78 is 28.6. The summed E-state index contributed by atoms with van der Waals surface area (Å²) >= 11 is 0. The molecule has 7 nitrogen and oxygen atoms in total. The van der Waals surface area contributed by atoms with E-state index in [0.29, 0.717) is 11.7 Å². The van der Waals surface area contributed by atoms with Gasteiger partial charge in [0.1, 0.15) is 0 Å². The van der Waals surface area contributed by atoms with E-state index in [1.54, 1.807) is 12.1 Å². The van der Waals surface area contributed by atoms with E-state index in [9.17, 15) is 8.42 Å². The third kappa shape index (κ3) is 5.49. The first-order valence-electron chi connectivity index (χ1n) is 12.0. The Balaban J connectivity index is 1.25. The molecule has 0 spiro atoms. The molecule has 1 aromatic heterocycles. The number of hydrogen-bond acceptors (Lipinski definition) is 5. The van der Waals surface area contributed by atoms with Gasteiger partial charge in [0.05, 0.1) is 22.3 Å². The lowest BCUT2D eigenvalue weighted by Gasteiger charge is -2.34. The Morgan fingerprint density at radius 2 is 1.89 bits per heavy atom. The molecule has 1 fully saturated rings. The monoisotopic (exact) mass is 489 g/mol. The van der Waals surface area contributed by atoms with Crippen LogP contribution in [0.1, 0.15) is 29.5 Å². The van der Waals surface area contributed by atoms with Crippen LogP contribution < -0.4 is 10.0 Å². The minimum atomic E-state index is -3.64. The second-order valence-corrected chi connectivity index (χ2v) is 11.1. The Labute approximate surface area is 206 Å². The molecule has 0 unspecified atom stereocenters. The molecule has 4 aromatic rings. The summed E-state index contributed by atoms with van der Waals surface area (Å²) in [5.41, 5.74) is 5.79. The summed E-state index contributed by atoms with van der Waals surface area (Å²) in [6.07, 6.45) is 4.08. The maximum absolute atomic E-state index is 12.9. The van der Waals surface area contributed by atoms with Crippen molar-refractivity contribution in [3.8, 4) is 0 Å². The van der Waals surface area contributed by atoms with Crippen LogP contribution in [-0.4, -0.2) is 42.6 Å². The molecule has 182 valence electrons. The number of rotatable bonds is 7. The number of piperidine rings is 1. The zero-order valence-electron chi connectivity index (χ0n) is 20.1. The van der Waals surface area contributed by atoms with Crippen LogP contribution in [0.4, 0.5) is 11.4 Å². The first-order valence-corrected chi connectivity index (χ1v) is 13.5. The summed E-state index contributed by atoms with van der Waals surface area (Å²) in [5.74, 6) is 0. The van der Waals surface area contributed by atoms with Crippen molar-refractivity contribution in [3.05, 3.63) is 83.6 Å². The van der Waals surface area contributed by atoms with Gasteiger partial charge in [-0.1, -0.05) is 29.8 Å². The number of fused-ring (bicyclic) bond motifs is 1. The van der Waals surface area contributed by atoms with Crippen LogP contribution in [0.5, 0.6) is 0 Å². The Morgan fingerprint density at radius 3 is 2.71 bits per heavy atom. The third-order valence-corrected chi connectivity index (χ3v) is 7.98. The molecule has 0 amide bonds. The van der Waals surface area contributed by atoms with Crippen molar-refractivity contribution in [2.24, 2.45) is 0 Å². The van der Waals surface area contributed by atoms with Gasteiger partial charge in [-0.2, -0.15) is 5.10 Å². The number of likely N-dealkylation sites (tertiary alicyclic amines) is 1. The maximum atomic E-state index is 12.9. The highest BCUT2D eigenvalue weighted by Crippen LogP contribution is 2.25. The first kappa shape index (κ1) is 23.4. The Kier molecular flexibility index (Phi) is 6.49. The van der Waals surface area contributed by atoms with Gasteiger partial charge in [-0.05, 0) is 80.8 Å². The van der Waals surface area contributed by atoms with Gasteiger partial charge in [-0.3, -0.25) is 14.7 Å². The van der Waals surface area contributed by atoms with Crippen LogP contribution in [0.2, 0.25) is 0 Å². The lowest BCUT2D eigenvalue weighted by Crippen LogP contribution is -2.41. The van der Waals surface area contributed by atoms with Crippen molar-refractivity contribution in [1.82, 2.24) is 15.1 Å². The molecule has 35 heavy (non-hydrogen) atoms. The second kappa shape index (κ2) is 9.71. The molecule has 1 saturated heterocycles. The lowest BCUT2D eigenvalue weighted by molar-refractivity contribution is 0.208. The van der Waals surface area contributed by atoms with Gasteiger partial charge in [0.2, 0.25) is 0 Å². The summed E-state index contributed by atoms with van der Waals surface area (Å²) in [7, 11) is -3.64. The van der Waals surface area contributed by atoms with Gasteiger partial charge in [0, 0.05) is 30.2 Å². The molecular weight excluding hydrogens is 458 g/mol. The molecule has 2 heterocycles. The fourth-order valence-electron chi connectivity index (χ4n) is 4.64. The van der Waals surface area contributed by atoms with Crippen LogP contribution >= 0.6 is 0 Å². The summed E-state index contributed by atoms with van der Waals surface area (Å²) in [4.78, 5) is 2.70. The minimum Gasteiger partial charge on any atom is -0.381 e. The van der Waals surface area contributed by atoms with Crippen molar-refractivity contribution in [2.75, 3.05) is 23.1 Å². The first-order chi connectivity index (χ1) is 16.9. The molecule has 3 aromatic carbocycles. The number of aromatic amines is 1. The topological polar surface area (TPSA) is 90.1 Å². The van der Waals surface area contributed by atoms with Crippen molar-refractivity contribution in [2.45, 2.75) is 44.2 Å². The molecule has 1 aliphatic rings. The quantitative estimate of drug-likeness (QED) is 0.338. The molecule has 1 atom stereocenters. The summed E-state index contributed by atoms with van der Waals surface area (Å²) in [6.45, 7) is 6.60. The fraction of sp³-hybridized carbons (Fsp3) is 0.296. The van der Waals surface area contributed by atoms with E-state index in [1.165, 1.54) is 0 Å². The van der Waals surface area contributed by atoms with E-state index in [-0.39, 0.29) is 4.90 Å². The molecular formula is C27H31N5O2S. The van der Waals surface area contributed by atoms with Crippen LogP contribution in [0, 0.1) is 13.8 Å². The van der Waals surface area contributed by atoms with Crippen molar-refractivity contribution < 1.29 is 8.42 Å². The highest BCUT2D eigenvalue weighted by Gasteiger charge is 2.21. The number of hydrogen-bond donors (Lipinski definition) is 3. The average molecular weight is 490 g/mol. The number of H-pyrrole nitrogens is 1. The standard InChI is InChI=1S/C27H31N5O2S/c1-19-5-10-25(11-6-19)35(33,34)31-27-14-21(8-7-20(27)2)17-32-13-3-4-24(18-32)29-23-9-12-26-22(15-23)16-28-30-26/h5-12,14-16,24,29,31H,3-4,13,17-18H2,1-2H3,(H,28,30)/t24-/m0/s1. The molecule has 1 aliphatic heterocycles. The van der Waals surface area contributed by atoms with E-state index in [0.717, 1.165) is 65.8 Å². The van der Waals surface area contributed by atoms with Gasteiger partial charge >= 0.3 is 0 Å². The van der Waals surface area contributed by atoms with Crippen LogP contribution in [0.3, 0.4) is 0 Å². The number of anilines is 2. The number of aromatic nitrogens is 2. The molecule has 0 aliphatic carbocycles. The van der Waals surface area contributed by atoms with Gasteiger partial charge < -0.3 is 5.32 Å². The molecule has 0 bridgehead atoms. The van der Waals surface area contributed by atoms with Gasteiger partial charge in [-0.25, -0.2) is 8.42 Å².